The Bertz CT molecular complexity index is 648. The molecule has 0 bridgehead atoms. The molecule has 2 N–H and O–H groups in total. The highest BCUT2D eigenvalue weighted by Gasteiger charge is 2.19. The highest BCUT2D eigenvalue weighted by molar-refractivity contribution is 5.88. The van der Waals surface area contributed by atoms with Gasteiger partial charge in [0.25, 0.3) is 0 Å². The van der Waals surface area contributed by atoms with Crippen LogP contribution in [0.1, 0.15) is 25.5 Å². The molecule has 22 heavy (non-hydrogen) atoms. The molecule has 1 saturated heterocycles. The molecule has 1 fully saturated rings. The van der Waals surface area contributed by atoms with E-state index in [0.717, 1.165) is 68.0 Å². The van der Waals surface area contributed by atoms with Gasteiger partial charge in [0, 0.05) is 31.9 Å². The van der Waals surface area contributed by atoms with Crippen molar-refractivity contribution in [3.8, 4) is 0 Å². The van der Waals surface area contributed by atoms with Crippen LogP contribution in [-0.4, -0.2) is 53.1 Å². The number of nitrogens with zero attached hydrogens (tertiary/aromatic N) is 5. The lowest BCUT2D eigenvalue weighted by Gasteiger charge is -2.33. The van der Waals surface area contributed by atoms with E-state index in [1.807, 2.05) is 0 Å². The van der Waals surface area contributed by atoms with Gasteiger partial charge in [0.2, 0.25) is 5.95 Å². The second-order valence-electron chi connectivity index (χ2n) is 5.97. The molecule has 0 saturated carbocycles. The minimum absolute atomic E-state index is 0.307. The molecule has 0 atom stereocenters. The van der Waals surface area contributed by atoms with Crippen LogP contribution in [0.3, 0.4) is 0 Å². The van der Waals surface area contributed by atoms with Gasteiger partial charge in [-0.05, 0) is 32.0 Å². The number of nitrogens with two attached hydrogens (primary N) is 1. The molecule has 6 nitrogen and oxygen atoms in total. The monoisotopic (exact) mass is 300 g/mol. The Kier molecular flexibility index (Phi) is 4.38. The number of hydrogen-bond donors (Lipinski definition) is 1. The molecule has 6 heteroatoms. The summed E-state index contributed by atoms with van der Waals surface area (Å²) in [5.41, 5.74) is 7.71. The number of unbranched alkanes of at least 4 members (excludes halogenated alkanes) is 1. The van der Waals surface area contributed by atoms with Crippen molar-refractivity contribution in [1.29, 1.82) is 0 Å². The quantitative estimate of drug-likeness (QED) is 0.926. The summed E-state index contributed by atoms with van der Waals surface area (Å²) in [5, 5.41) is 0.999. The first-order chi connectivity index (χ1) is 10.7. The Morgan fingerprint density at radius 2 is 1.86 bits per heavy atom. The van der Waals surface area contributed by atoms with Gasteiger partial charge in [0.15, 0.2) is 5.65 Å². The van der Waals surface area contributed by atoms with E-state index < -0.39 is 0 Å². The van der Waals surface area contributed by atoms with Crippen molar-refractivity contribution < 1.29 is 0 Å². The van der Waals surface area contributed by atoms with Gasteiger partial charge < -0.3 is 15.5 Å². The molecule has 0 unspecified atom stereocenters. The standard InChI is InChI=1S/C16H24N6/c1-3-4-5-12-6-7-13-14(18-12)19-16(17)20-15(13)22-10-8-21(2)9-11-22/h6-7H,3-5,8-11H2,1-2H3,(H2,17,18,19,20). The van der Waals surface area contributed by atoms with Crippen LogP contribution in [-0.2, 0) is 6.42 Å². The van der Waals surface area contributed by atoms with Gasteiger partial charge in [-0.25, -0.2) is 4.98 Å². The first-order valence-corrected chi connectivity index (χ1v) is 8.04. The molecule has 0 amide bonds. The van der Waals surface area contributed by atoms with Gasteiger partial charge in [-0.15, -0.1) is 0 Å². The maximum atomic E-state index is 5.91. The van der Waals surface area contributed by atoms with Crippen LogP contribution in [0.4, 0.5) is 11.8 Å². The Morgan fingerprint density at radius 3 is 2.59 bits per heavy atom. The lowest BCUT2D eigenvalue weighted by atomic mass is 10.1. The van der Waals surface area contributed by atoms with E-state index in [4.69, 9.17) is 5.73 Å². The van der Waals surface area contributed by atoms with Crippen molar-refractivity contribution in [3.63, 3.8) is 0 Å². The Morgan fingerprint density at radius 1 is 1.09 bits per heavy atom. The predicted octanol–water partition coefficient (Wildman–Crippen LogP) is 1.70. The zero-order chi connectivity index (χ0) is 15.5. The molecular formula is C16H24N6. The van der Waals surface area contributed by atoms with Gasteiger partial charge in [0.05, 0.1) is 5.39 Å². The minimum atomic E-state index is 0.307. The lowest BCUT2D eigenvalue weighted by Crippen LogP contribution is -2.45. The van der Waals surface area contributed by atoms with E-state index in [0.29, 0.717) is 5.95 Å². The molecule has 0 spiro atoms. The molecule has 2 aromatic heterocycles. The van der Waals surface area contributed by atoms with Crippen molar-refractivity contribution in [3.05, 3.63) is 17.8 Å². The number of aryl methyl sites for hydroxylation is 1. The zero-order valence-corrected chi connectivity index (χ0v) is 13.4. The molecule has 0 radical (unpaired) electrons. The molecule has 118 valence electrons. The van der Waals surface area contributed by atoms with Crippen molar-refractivity contribution in [2.45, 2.75) is 26.2 Å². The van der Waals surface area contributed by atoms with E-state index in [9.17, 15) is 0 Å². The number of pyridine rings is 1. The van der Waals surface area contributed by atoms with Crippen molar-refractivity contribution >= 4 is 22.8 Å². The minimum Gasteiger partial charge on any atom is -0.368 e. The van der Waals surface area contributed by atoms with Crippen LogP contribution in [0.25, 0.3) is 11.0 Å². The van der Waals surface area contributed by atoms with Crippen LogP contribution in [0, 0.1) is 0 Å². The Hall–Kier alpha value is -1.95. The fourth-order valence-corrected chi connectivity index (χ4v) is 2.81. The van der Waals surface area contributed by atoms with Crippen molar-refractivity contribution in [2.24, 2.45) is 0 Å². The van der Waals surface area contributed by atoms with Crippen LogP contribution in [0.2, 0.25) is 0 Å². The number of rotatable bonds is 4. The first kappa shape index (κ1) is 15.0. The van der Waals surface area contributed by atoms with E-state index in [1.165, 1.54) is 0 Å². The van der Waals surface area contributed by atoms with E-state index >= 15 is 0 Å². The predicted molar refractivity (Wildman–Crippen MR) is 90.1 cm³/mol. The normalized spacial score (nSPS) is 16.4. The topological polar surface area (TPSA) is 71.2 Å². The van der Waals surface area contributed by atoms with E-state index in [2.05, 4.69) is 50.9 Å². The van der Waals surface area contributed by atoms with Gasteiger partial charge in [-0.3, -0.25) is 0 Å². The summed E-state index contributed by atoms with van der Waals surface area (Å²) in [6, 6.07) is 4.19. The summed E-state index contributed by atoms with van der Waals surface area (Å²) in [6.45, 7) is 6.17. The molecule has 3 rings (SSSR count). The van der Waals surface area contributed by atoms with Crippen LogP contribution >= 0.6 is 0 Å². The van der Waals surface area contributed by atoms with Crippen molar-refractivity contribution in [2.75, 3.05) is 43.9 Å². The maximum absolute atomic E-state index is 5.91. The summed E-state index contributed by atoms with van der Waals surface area (Å²) in [7, 11) is 2.14. The summed E-state index contributed by atoms with van der Waals surface area (Å²) in [5.74, 6) is 1.23. The van der Waals surface area contributed by atoms with E-state index in [1.54, 1.807) is 0 Å². The second-order valence-corrected chi connectivity index (χ2v) is 5.97. The number of fused-ring (bicyclic) bond motifs is 1. The molecule has 0 aromatic carbocycles. The molecule has 2 aromatic rings. The number of piperazine rings is 1. The fourth-order valence-electron chi connectivity index (χ4n) is 2.81. The van der Waals surface area contributed by atoms with Gasteiger partial charge in [-0.1, -0.05) is 13.3 Å². The van der Waals surface area contributed by atoms with Crippen molar-refractivity contribution in [1.82, 2.24) is 19.9 Å². The number of nitrogen functional groups attached to an aromatic ring is 1. The molecular weight excluding hydrogens is 276 g/mol. The van der Waals surface area contributed by atoms with Gasteiger partial charge in [-0.2, -0.15) is 9.97 Å². The highest BCUT2D eigenvalue weighted by atomic mass is 15.3. The lowest BCUT2D eigenvalue weighted by molar-refractivity contribution is 0.312. The average molecular weight is 300 g/mol. The third kappa shape index (κ3) is 3.11. The first-order valence-electron chi connectivity index (χ1n) is 8.04. The average Bonchev–Trinajstić information content (AvgIpc) is 2.52. The summed E-state index contributed by atoms with van der Waals surface area (Å²) >= 11 is 0. The molecule has 0 aliphatic carbocycles. The molecule has 1 aliphatic rings. The van der Waals surface area contributed by atoms with Gasteiger partial charge in [0.1, 0.15) is 5.82 Å². The zero-order valence-electron chi connectivity index (χ0n) is 13.4. The van der Waals surface area contributed by atoms with Crippen LogP contribution in [0.15, 0.2) is 12.1 Å². The number of likely N-dealkylation sites (N-methyl/N-ethyl adjacent to an activating group) is 1. The van der Waals surface area contributed by atoms with Crippen LogP contribution < -0.4 is 10.6 Å². The third-order valence-corrected chi connectivity index (χ3v) is 4.20. The SMILES string of the molecule is CCCCc1ccc2c(N3CCN(C)CC3)nc(N)nc2n1. The van der Waals surface area contributed by atoms with Crippen LogP contribution in [0.5, 0.6) is 0 Å². The summed E-state index contributed by atoms with van der Waals surface area (Å²) < 4.78 is 0. The molecule has 1 aliphatic heterocycles. The third-order valence-electron chi connectivity index (χ3n) is 4.20. The fraction of sp³-hybridized carbons (Fsp3) is 0.562. The largest absolute Gasteiger partial charge is 0.368 e. The number of aromatic nitrogens is 3. The summed E-state index contributed by atoms with van der Waals surface area (Å²) in [4.78, 5) is 18.1. The molecule has 3 heterocycles. The number of hydrogen-bond acceptors (Lipinski definition) is 6. The second kappa shape index (κ2) is 6.44. The van der Waals surface area contributed by atoms with E-state index in [-0.39, 0.29) is 0 Å². The highest BCUT2D eigenvalue weighted by Crippen LogP contribution is 2.25. The maximum Gasteiger partial charge on any atom is 0.224 e. The smallest absolute Gasteiger partial charge is 0.224 e. The summed E-state index contributed by atoms with van der Waals surface area (Å²) in [6.07, 6.45) is 3.29. The number of anilines is 2. The van der Waals surface area contributed by atoms with Gasteiger partial charge >= 0.3 is 0 Å². The Labute approximate surface area is 131 Å². The Balaban J connectivity index is 1.95.